The topological polar surface area (TPSA) is 26.3 Å². The largest absolute Gasteiger partial charge is 0.456 e. The molecule has 0 bridgehead atoms. The Balaban J connectivity index is 1.04. The van der Waals surface area contributed by atoms with Gasteiger partial charge in [-0.2, -0.15) is 0 Å². The molecule has 12 rings (SSSR count). The van der Waals surface area contributed by atoms with Crippen LogP contribution in [0, 0.1) is 0 Å². The van der Waals surface area contributed by atoms with Crippen molar-refractivity contribution in [2.75, 3.05) is 0 Å². The van der Waals surface area contributed by atoms with Crippen LogP contribution < -0.4 is 0 Å². The number of fused-ring (bicyclic) bond motifs is 11. The van der Waals surface area contributed by atoms with Crippen molar-refractivity contribution in [2.45, 2.75) is 0 Å². The van der Waals surface area contributed by atoms with Gasteiger partial charge in [-0.1, -0.05) is 146 Å². The molecule has 54 heavy (non-hydrogen) atoms. The van der Waals surface area contributed by atoms with Crippen molar-refractivity contribution in [3.8, 4) is 33.4 Å². The van der Waals surface area contributed by atoms with E-state index >= 15 is 0 Å². The van der Waals surface area contributed by atoms with Gasteiger partial charge in [0, 0.05) is 33.0 Å². The maximum Gasteiger partial charge on any atom is 0.143 e. The molecule has 2 nitrogen and oxygen atoms in total. The summed E-state index contributed by atoms with van der Waals surface area (Å²) in [7, 11) is 0. The van der Waals surface area contributed by atoms with Gasteiger partial charge >= 0.3 is 0 Å². The smallest absolute Gasteiger partial charge is 0.143 e. The van der Waals surface area contributed by atoms with Crippen molar-refractivity contribution in [3.63, 3.8) is 0 Å². The molecule has 12 aromatic rings. The molecule has 0 unspecified atom stereocenters. The van der Waals surface area contributed by atoms with E-state index in [1.54, 1.807) is 0 Å². The Hall–Kier alpha value is -7.16. The van der Waals surface area contributed by atoms with Crippen LogP contribution in [0.25, 0.3) is 120 Å². The van der Waals surface area contributed by atoms with Crippen molar-refractivity contribution in [1.82, 2.24) is 0 Å². The van der Waals surface area contributed by atoms with E-state index in [4.69, 9.17) is 8.83 Å². The van der Waals surface area contributed by atoms with E-state index in [-0.39, 0.29) is 0 Å². The predicted molar refractivity (Wildman–Crippen MR) is 227 cm³/mol. The fourth-order valence-electron chi connectivity index (χ4n) is 9.05. The minimum atomic E-state index is 0.839. The van der Waals surface area contributed by atoms with Gasteiger partial charge in [-0.25, -0.2) is 0 Å². The van der Waals surface area contributed by atoms with E-state index in [1.807, 2.05) is 18.2 Å². The standard InChI is InChI=1S/C52H30O2/c1-2-12-31(13-3-1)50-39-17-6-8-19-41(39)51(42-20-9-7-18-40(42)50)43-27-26-34(36-14-4-5-15-37(36)43)32-22-24-35-33(28-32)23-25-44-46-29-45-38-16-10-11-21-47(38)53-48(45)30-49(46)54-52(35)44/h1-30H. The van der Waals surface area contributed by atoms with E-state index in [0.29, 0.717) is 0 Å². The van der Waals surface area contributed by atoms with E-state index in [0.717, 1.165) is 54.6 Å². The van der Waals surface area contributed by atoms with Crippen LogP contribution in [-0.4, -0.2) is 0 Å². The molecule has 2 heterocycles. The molecule has 2 aromatic heterocycles. The lowest BCUT2D eigenvalue weighted by Gasteiger charge is -2.19. The van der Waals surface area contributed by atoms with Crippen LogP contribution in [0.2, 0.25) is 0 Å². The van der Waals surface area contributed by atoms with Crippen LogP contribution in [-0.2, 0) is 0 Å². The Morgan fingerprint density at radius 3 is 1.56 bits per heavy atom. The highest BCUT2D eigenvalue weighted by molar-refractivity contribution is 6.24. The van der Waals surface area contributed by atoms with E-state index in [1.165, 1.54) is 65.7 Å². The molecule has 0 aliphatic heterocycles. The SMILES string of the molecule is c1ccc(-c2c3ccccc3c(-c3ccc(-c4ccc5c(ccc6c7cc8c(cc7oc56)oc5ccccc58)c4)c4ccccc34)c3ccccc23)cc1. The van der Waals surface area contributed by atoms with Gasteiger partial charge in [0.25, 0.3) is 0 Å². The van der Waals surface area contributed by atoms with Crippen LogP contribution in [0.1, 0.15) is 0 Å². The Bertz CT molecular complexity index is 3430. The van der Waals surface area contributed by atoms with Gasteiger partial charge < -0.3 is 8.83 Å². The molecule has 0 atom stereocenters. The summed E-state index contributed by atoms with van der Waals surface area (Å²) in [5.41, 5.74) is 10.9. The maximum atomic E-state index is 6.60. The van der Waals surface area contributed by atoms with Crippen molar-refractivity contribution < 1.29 is 8.83 Å². The first kappa shape index (κ1) is 29.4. The highest BCUT2D eigenvalue weighted by atomic mass is 16.3. The van der Waals surface area contributed by atoms with Crippen molar-refractivity contribution in [3.05, 3.63) is 182 Å². The minimum Gasteiger partial charge on any atom is -0.456 e. The van der Waals surface area contributed by atoms with Crippen molar-refractivity contribution >= 4 is 87.0 Å². The third-order valence-corrected chi connectivity index (χ3v) is 11.4. The zero-order valence-electron chi connectivity index (χ0n) is 29.1. The van der Waals surface area contributed by atoms with Gasteiger partial charge in [0.1, 0.15) is 22.3 Å². The van der Waals surface area contributed by atoms with Gasteiger partial charge in [-0.3, -0.25) is 0 Å². The van der Waals surface area contributed by atoms with Crippen molar-refractivity contribution in [2.24, 2.45) is 0 Å². The van der Waals surface area contributed by atoms with Crippen molar-refractivity contribution in [1.29, 1.82) is 0 Å². The lowest BCUT2D eigenvalue weighted by Crippen LogP contribution is -1.92. The van der Waals surface area contributed by atoms with Gasteiger partial charge in [0.15, 0.2) is 0 Å². The second-order valence-corrected chi connectivity index (χ2v) is 14.3. The summed E-state index contributed by atoms with van der Waals surface area (Å²) in [6.45, 7) is 0. The van der Waals surface area contributed by atoms with Crippen LogP contribution >= 0.6 is 0 Å². The number of rotatable bonds is 3. The molecule has 10 aromatic carbocycles. The summed E-state index contributed by atoms with van der Waals surface area (Å²) in [5, 5.41) is 14.2. The quantitative estimate of drug-likeness (QED) is 0.173. The second kappa shape index (κ2) is 11.2. The summed E-state index contributed by atoms with van der Waals surface area (Å²) in [5.74, 6) is 0. The monoisotopic (exact) mass is 686 g/mol. The zero-order chi connectivity index (χ0) is 35.3. The van der Waals surface area contributed by atoms with Gasteiger partial charge in [-0.15, -0.1) is 0 Å². The zero-order valence-corrected chi connectivity index (χ0v) is 29.1. The van der Waals surface area contributed by atoms with Crippen LogP contribution in [0.3, 0.4) is 0 Å². The summed E-state index contributed by atoms with van der Waals surface area (Å²) in [6, 6.07) is 65.8. The first-order chi connectivity index (χ1) is 26.8. The lowest BCUT2D eigenvalue weighted by atomic mass is 9.84. The Morgan fingerprint density at radius 1 is 0.259 bits per heavy atom. The van der Waals surface area contributed by atoms with E-state index < -0.39 is 0 Å². The molecule has 0 saturated carbocycles. The number of para-hydroxylation sites is 1. The van der Waals surface area contributed by atoms with E-state index in [2.05, 4.69) is 164 Å². The molecule has 0 aliphatic rings. The van der Waals surface area contributed by atoms with E-state index in [9.17, 15) is 0 Å². The first-order valence-electron chi connectivity index (χ1n) is 18.5. The molecule has 250 valence electrons. The summed E-state index contributed by atoms with van der Waals surface area (Å²) in [4.78, 5) is 0. The molecule has 0 fully saturated rings. The van der Waals surface area contributed by atoms with Crippen LogP contribution in [0.15, 0.2) is 191 Å². The highest BCUT2D eigenvalue weighted by Gasteiger charge is 2.20. The summed E-state index contributed by atoms with van der Waals surface area (Å²) < 4.78 is 12.8. The molecule has 0 amide bonds. The number of furan rings is 2. The second-order valence-electron chi connectivity index (χ2n) is 14.3. The lowest BCUT2D eigenvalue weighted by molar-refractivity contribution is 0.658. The average Bonchev–Trinajstić information content (AvgIpc) is 3.79. The first-order valence-corrected chi connectivity index (χ1v) is 18.5. The Kier molecular flexibility index (Phi) is 6.09. The number of hydrogen-bond donors (Lipinski definition) is 0. The fraction of sp³-hybridized carbons (Fsp3) is 0. The molecule has 0 radical (unpaired) electrons. The normalized spacial score (nSPS) is 12.1. The third-order valence-electron chi connectivity index (χ3n) is 11.4. The predicted octanol–water partition coefficient (Wildman–Crippen LogP) is 15.1. The number of benzene rings is 10. The molecular weight excluding hydrogens is 657 g/mol. The summed E-state index contributed by atoms with van der Waals surface area (Å²) >= 11 is 0. The molecule has 2 heteroatoms. The minimum absolute atomic E-state index is 0.839. The average molecular weight is 687 g/mol. The van der Waals surface area contributed by atoms with Crippen LogP contribution in [0.5, 0.6) is 0 Å². The number of hydrogen-bond acceptors (Lipinski definition) is 2. The molecule has 0 aliphatic carbocycles. The van der Waals surface area contributed by atoms with Gasteiger partial charge in [0.05, 0.1) is 0 Å². The maximum absolute atomic E-state index is 6.60. The van der Waals surface area contributed by atoms with Crippen LogP contribution in [0.4, 0.5) is 0 Å². The highest BCUT2D eigenvalue weighted by Crippen LogP contribution is 2.47. The molecule has 0 spiro atoms. The molecular formula is C52H30O2. The van der Waals surface area contributed by atoms with Gasteiger partial charge in [0.2, 0.25) is 0 Å². The molecule has 0 N–H and O–H groups in total. The summed E-state index contributed by atoms with van der Waals surface area (Å²) in [6.07, 6.45) is 0. The molecule has 0 saturated heterocycles. The Labute approximate surface area is 310 Å². The third kappa shape index (κ3) is 4.17. The fourth-order valence-corrected chi connectivity index (χ4v) is 9.05. The Morgan fingerprint density at radius 2 is 0.815 bits per heavy atom. The van der Waals surface area contributed by atoms with Gasteiger partial charge in [-0.05, 0) is 101 Å².